The second-order valence-electron chi connectivity index (χ2n) is 3.59. The van der Waals surface area contributed by atoms with E-state index in [4.69, 9.17) is 10.2 Å². The van der Waals surface area contributed by atoms with E-state index in [0.717, 1.165) is 0 Å². The largest absolute Gasteiger partial charge is 0.478 e. The molecular formula is C12H10N2O4+2. The van der Waals surface area contributed by atoms with Crippen LogP contribution in [0.15, 0.2) is 36.7 Å². The zero-order chi connectivity index (χ0) is 13.1. The number of pyridine rings is 2. The van der Waals surface area contributed by atoms with Crippen molar-refractivity contribution in [2.75, 3.05) is 0 Å². The van der Waals surface area contributed by atoms with Gasteiger partial charge in [-0.15, -0.1) is 0 Å². The topological polar surface area (TPSA) is 103 Å². The minimum absolute atomic E-state index is 0.123. The molecule has 2 rings (SSSR count). The van der Waals surface area contributed by atoms with Crippen LogP contribution in [0.1, 0.15) is 20.7 Å². The Morgan fingerprint density at radius 3 is 1.56 bits per heavy atom. The second-order valence-corrected chi connectivity index (χ2v) is 3.59. The van der Waals surface area contributed by atoms with Crippen LogP contribution in [0.25, 0.3) is 11.4 Å². The Labute approximate surface area is 102 Å². The Balaban J connectivity index is 2.48. The maximum atomic E-state index is 10.8. The van der Waals surface area contributed by atoms with Gasteiger partial charge in [-0.1, -0.05) is 0 Å². The third-order valence-corrected chi connectivity index (χ3v) is 2.39. The van der Waals surface area contributed by atoms with E-state index in [1.807, 2.05) is 0 Å². The van der Waals surface area contributed by atoms with Crippen molar-refractivity contribution in [3.8, 4) is 11.4 Å². The summed E-state index contributed by atoms with van der Waals surface area (Å²) in [7, 11) is 0. The van der Waals surface area contributed by atoms with E-state index in [9.17, 15) is 9.59 Å². The Morgan fingerprint density at radius 2 is 1.22 bits per heavy atom. The minimum atomic E-state index is -1.04. The van der Waals surface area contributed by atoms with Crippen LogP contribution in [0, 0.1) is 0 Å². The van der Waals surface area contributed by atoms with E-state index >= 15 is 0 Å². The van der Waals surface area contributed by atoms with Gasteiger partial charge in [0.05, 0.1) is 11.1 Å². The lowest BCUT2D eigenvalue weighted by Gasteiger charge is -1.94. The number of carboxylic acid groups (broad SMARTS) is 2. The van der Waals surface area contributed by atoms with Crippen molar-refractivity contribution < 1.29 is 29.8 Å². The first kappa shape index (κ1) is 11.7. The molecule has 0 aliphatic carbocycles. The highest BCUT2D eigenvalue weighted by Crippen LogP contribution is 2.11. The zero-order valence-corrected chi connectivity index (χ0v) is 9.18. The van der Waals surface area contributed by atoms with Gasteiger partial charge in [-0.05, 0) is 0 Å². The molecule has 18 heavy (non-hydrogen) atoms. The Morgan fingerprint density at radius 1 is 0.833 bits per heavy atom. The first-order valence-corrected chi connectivity index (χ1v) is 5.08. The Bertz CT molecular complexity index is 569. The maximum absolute atomic E-state index is 10.8. The summed E-state index contributed by atoms with van der Waals surface area (Å²) in [4.78, 5) is 27.4. The molecule has 0 unspecified atom stereocenters. The number of aromatic amines is 2. The number of aromatic nitrogens is 2. The predicted molar refractivity (Wildman–Crippen MR) is 58.9 cm³/mol. The van der Waals surface area contributed by atoms with Gasteiger partial charge >= 0.3 is 11.9 Å². The van der Waals surface area contributed by atoms with E-state index in [-0.39, 0.29) is 11.1 Å². The summed E-state index contributed by atoms with van der Waals surface area (Å²) < 4.78 is 0. The quantitative estimate of drug-likeness (QED) is 0.816. The number of carbonyl (C=O) groups is 2. The van der Waals surface area contributed by atoms with Crippen molar-refractivity contribution in [1.82, 2.24) is 0 Å². The molecule has 2 heterocycles. The minimum Gasteiger partial charge on any atom is -0.478 e. The highest BCUT2D eigenvalue weighted by atomic mass is 16.4. The molecule has 0 bridgehead atoms. The van der Waals surface area contributed by atoms with Crippen molar-refractivity contribution in [2.24, 2.45) is 0 Å². The van der Waals surface area contributed by atoms with Gasteiger partial charge in [0.15, 0.2) is 12.4 Å². The van der Waals surface area contributed by atoms with E-state index in [1.165, 1.54) is 36.7 Å². The number of nitrogens with one attached hydrogen (secondary N) is 2. The van der Waals surface area contributed by atoms with Crippen LogP contribution >= 0.6 is 0 Å². The van der Waals surface area contributed by atoms with Crippen LogP contribution in [0.2, 0.25) is 0 Å². The molecule has 0 amide bonds. The first-order valence-electron chi connectivity index (χ1n) is 5.08. The van der Waals surface area contributed by atoms with E-state index in [1.54, 1.807) is 0 Å². The van der Waals surface area contributed by atoms with Gasteiger partial charge in [-0.25, -0.2) is 19.6 Å². The summed E-state index contributed by atoms with van der Waals surface area (Å²) in [5, 5.41) is 17.8. The van der Waals surface area contributed by atoms with Crippen LogP contribution < -0.4 is 9.97 Å². The highest BCUT2D eigenvalue weighted by molar-refractivity contribution is 5.89. The SMILES string of the molecule is O=C(O)c1cc[nH+]c(-c2cc(C(=O)O)cc[nH+]2)c1. The molecule has 2 aromatic rings. The number of carboxylic acids is 2. The fraction of sp³-hybridized carbons (Fsp3) is 0. The van der Waals surface area contributed by atoms with Crippen LogP contribution in [0.5, 0.6) is 0 Å². The summed E-state index contributed by atoms with van der Waals surface area (Å²) in [6.45, 7) is 0. The van der Waals surface area contributed by atoms with Crippen LogP contribution in [0.4, 0.5) is 0 Å². The fourth-order valence-corrected chi connectivity index (χ4v) is 1.51. The van der Waals surface area contributed by atoms with Crippen molar-refractivity contribution in [1.29, 1.82) is 0 Å². The molecule has 6 nitrogen and oxygen atoms in total. The lowest BCUT2D eigenvalue weighted by atomic mass is 10.1. The van der Waals surface area contributed by atoms with E-state index in [0.29, 0.717) is 11.4 Å². The average molecular weight is 246 g/mol. The fourth-order valence-electron chi connectivity index (χ4n) is 1.51. The van der Waals surface area contributed by atoms with Crippen molar-refractivity contribution >= 4 is 11.9 Å². The third-order valence-electron chi connectivity index (χ3n) is 2.39. The summed E-state index contributed by atoms with van der Waals surface area (Å²) >= 11 is 0. The molecule has 4 N–H and O–H groups in total. The number of hydrogen-bond acceptors (Lipinski definition) is 2. The lowest BCUT2D eigenvalue weighted by molar-refractivity contribution is -0.402. The smallest absolute Gasteiger partial charge is 0.336 e. The van der Waals surface area contributed by atoms with Crippen LogP contribution in [-0.2, 0) is 0 Å². The second kappa shape index (κ2) is 4.62. The molecule has 0 aliphatic rings. The number of H-pyrrole nitrogens is 2. The number of hydrogen-bond donors (Lipinski definition) is 2. The summed E-state index contributed by atoms with van der Waals surface area (Å²) in [6.07, 6.45) is 2.97. The molecule has 0 aliphatic heterocycles. The average Bonchev–Trinajstić information content (AvgIpc) is 2.39. The van der Waals surface area contributed by atoms with Gasteiger partial charge in [-0.3, -0.25) is 0 Å². The van der Waals surface area contributed by atoms with Gasteiger partial charge in [0.1, 0.15) is 0 Å². The predicted octanol–water partition coefficient (Wildman–Crippen LogP) is 0.378. The Kier molecular flexibility index (Phi) is 3.01. The molecule has 90 valence electrons. The molecule has 0 fully saturated rings. The third kappa shape index (κ3) is 2.32. The lowest BCUT2D eigenvalue weighted by Crippen LogP contribution is -2.16. The van der Waals surface area contributed by atoms with Crippen molar-refractivity contribution in [3.05, 3.63) is 47.8 Å². The molecule has 0 atom stereocenters. The van der Waals surface area contributed by atoms with Crippen LogP contribution in [0.3, 0.4) is 0 Å². The highest BCUT2D eigenvalue weighted by Gasteiger charge is 2.17. The molecule has 0 aromatic carbocycles. The molecule has 0 spiro atoms. The monoisotopic (exact) mass is 246 g/mol. The number of aromatic carboxylic acids is 2. The van der Waals surface area contributed by atoms with Crippen LogP contribution in [-0.4, -0.2) is 22.2 Å². The van der Waals surface area contributed by atoms with E-state index in [2.05, 4.69) is 9.97 Å². The number of rotatable bonds is 3. The van der Waals surface area contributed by atoms with E-state index < -0.39 is 11.9 Å². The normalized spacial score (nSPS) is 10.0. The van der Waals surface area contributed by atoms with Gasteiger partial charge in [0.25, 0.3) is 11.4 Å². The molecule has 2 aromatic heterocycles. The van der Waals surface area contributed by atoms with Gasteiger partial charge in [0, 0.05) is 24.3 Å². The zero-order valence-electron chi connectivity index (χ0n) is 9.18. The molecule has 0 saturated heterocycles. The van der Waals surface area contributed by atoms with Crippen molar-refractivity contribution in [3.63, 3.8) is 0 Å². The summed E-state index contributed by atoms with van der Waals surface area (Å²) in [6, 6.07) is 5.71. The molecular weight excluding hydrogens is 236 g/mol. The summed E-state index contributed by atoms with van der Waals surface area (Å²) in [5.74, 6) is -2.08. The summed E-state index contributed by atoms with van der Waals surface area (Å²) in [5.41, 5.74) is 1.24. The first-order chi connectivity index (χ1) is 8.58. The van der Waals surface area contributed by atoms with Gasteiger partial charge < -0.3 is 10.2 Å². The van der Waals surface area contributed by atoms with Gasteiger partial charge in [-0.2, -0.15) is 0 Å². The van der Waals surface area contributed by atoms with Gasteiger partial charge in [0.2, 0.25) is 0 Å². The standard InChI is InChI=1S/C12H8N2O4/c15-11(16)7-1-3-13-9(5-7)10-6-8(12(17)18)2-4-14-10/h1-6H,(H,15,16)(H,17,18)/p+2. The molecule has 0 saturated carbocycles. The Hall–Kier alpha value is -2.76. The molecule has 0 radical (unpaired) electrons. The van der Waals surface area contributed by atoms with Crippen molar-refractivity contribution in [2.45, 2.75) is 0 Å². The maximum Gasteiger partial charge on any atom is 0.336 e. The molecule has 6 heteroatoms.